The lowest BCUT2D eigenvalue weighted by Gasteiger charge is -2.18. The molecule has 0 aliphatic carbocycles. The Balaban J connectivity index is 1.82. The number of aryl methyl sites for hydroxylation is 1. The highest BCUT2D eigenvalue weighted by Crippen LogP contribution is 2.20. The summed E-state index contributed by atoms with van der Waals surface area (Å²) in [6.45, 7) is 3.65. The number of aliphatic hydroxyl groups excluding tert-OH is 1. The van der Waals surface area contributed by atoms with Crippen molar-refractivity contribution in [2.45, 2.75) is 26.0 Å². The van der Waals surface area contributed by atoms with E-state index < -0.39 is 6.10 Å². The van der Waals surface area contributed by atoms with Crippen LogP contribution in [-0.2, 0) is 6.54 Å². The van der Waals surface area contributed by atoms with E-state index in [2.05, 4.69) is 27.9 Å². The minimum Gasteiger partial charge on any atom is -0.469 e. The minimum absolute atomic E-state index is 0.420. The molecule has 20 heavy (non-hydrogen) atoms. The molecular weight excluding hydrogens is 318 g/mol. The van der Waals surface area contributed by atoms with E-state index in [9.17, 15) is 5.11 Å². The molecule has 0 aliphatic rings. The molecule has 0 spiro atoms. The van der Waals surface area contributed by atoms with Gasteiger partial charge in [-0.1, -0.05) is 28.1 Å². The molecule has 1 N–H and O–H groups in total. The summed E-state index contributed by atoms with van der Waals surface area (Å²) < 4.78 is 6.32. The van der Waals surface area contributed by atoms with E-state index in [1.165, 1.54) is 5.56 Å². The summed E-state index contributed by atoms with van der Waals surface area (Å²) in [5.41, 5.74) is 2.16. The van der Waals surface area contributed by atoms with Crippen LogP contribution < -0.4 is 0 Å². The van der Waals surface area contributed by atoms with Crippen LogP contribution in [0, 0.1) is 6.92 Å². The molecule has 0 radical (unpaired) electrons. The van der Waals surface area contributed by atoms with Crippen LogP contribution in [0.2, 0.25) is 0 Å². The molecular formula is C16H20BrNO2. The second-order valence-corrected chi connectivity index (χ2v) is 6.01. The lowest BCUT2D eigenvalue weighted by molar-refractivity contribution is 0.147. The molecule has 2 aromatic rings. The largest absolute Gasteiger partial charge is 0.469 e. The minimum atomic E-state index is -0.420. The third kappa shape index (κ3) is 4.20. The quantitative estimate of drug-likeness (QED) is 0.868. The molecule has 1 heterocycles. The Morgan fingerprint density at radius 2 is 1.95 bits per heavy atom. The number of benzene rings is 1. The monoisotopic (exact) mass is 337 g/mol. The van der Waals surface area contributed by atoms with Gasteiger partial charge >= 0.3 is 0 Å². The molecule has 0 saturated heterocycles. The zero-order chi connectivity index (χ0) is 14.5. The fraction of sp³-hybridized carbons (Fsp3) is 0.375. The van der Waals surface area contributed by atoms with Crippen LogP contribution in [0.5, 0.6) is 0 Å². The van der Waals surface area contributed by atoms with Crippen LogP contribution in [0.15, 0.2) is 45.5 Å². The van der Waals surface area contributed by atoms with Gasteiger partial charge in [0.2, 0.25) is 0 Å². The summed E-state index contributed by atoms with van der Waals surface area (Å²) in [6, 6.07) is 9.81. The van der Waals surface area contributed by atoms with Crippen molar-refractivity contribution in [2.75, 3.05) is 13.6 Å². The van der Waals surface area contributed by atoms with Gasteiger partial charge in [-0.3, -0.25) is 0 Å². The number of furan rings is 1. The zero-order valence-electron chi connectivity index (χ0n) is 11.8. The molecule has 0 amide bonds. The topological polar surface area (TPSA) is 36.6 Å². The highest BCUT2D eigenvalue weighted by atomic mass is 79.9. The smallest absolute Gasteiger partial charge is 0.105 e. The fourth-order valence-corrected chi connectivity index (χ4v) is 2.40. The van der Waals surface area contributed by atoms with Crippen LogP contribution in [0.25, 0.3) is 0 Å². The highest BCUT2D eigenvalue weighted by Gasteiger charge is 2.10. The molecule has 3 nitrogen and oxygen atoms in total. The highest BCUT2D eigenvalue weighted by molar-refractivity contribution is 9.10. The molecule has 4 heteroatoms. The number of hydrogen-bond acceptors (Lipinski definition) is 3. The van der Waals surface area contributed by atoms with Crippen molar-refractivity contribution in [1.29, 1.82) is 0 Å². The Labute approximate surface area is 128 Å². The van der Waals surface area contributed by atoms with E-state index in [4.69, 9.17) is 4.42 Å². The third-order valence-corrected chi connectivity index (χ3v) is 3.97. The van der Waals surface area contributed by atoms with Gasteiger partial charge in [0.15, 0.2) is 0 Å². The first-order chi connectivity index (χ1) is 9.56. The third-order valence-electron chi connectivity index (χ3n) is 3.45. The number of hydrogen-bond donors (Lipinski definition) is 1. The predicted molar refractivity (Wildman–Crippen MR) is 83.5 cm³/mol. The van der Waals surface area contributed by atoms with E-state index in [0.29, 0.717) is 0 Å². The van der Waals surface area contributed by atoms with Crippen LogP contribution in [0.1, 0.15) is 29.4 Å². The van der Waals surface area contributed by atoms with E-state index in [1.54, 1.807) is 6.26 Å². The fourth-order valence-electron chi connectivity index (χ4n) is 2.14. The van der Waals surface area contributed by atoms with Crippen molar-refractivity contribution in [2.24, 2.45) is 0 Å². The lowest BCUT2D eigenvalue weighted by Crippen LogP contribution is -2.21. The summed E-state index contributed by atoms with van der Waals surface area (Å²) in [5.74, 6) is 0.963. The molecule has 1 unspecified atom stereocenters. The molecule has 108 valence electrons. The van der Waals surface area contributed by atoms with Gasteiger partial charge in [0.1, 0.15) is 5.76 Å². The maximum atomic E-state index is 10.2. The number of nitrogens with zero attached hydrogens (tertiary/aromatic N) is 1. The van der Waals surface area contributed by atoms with Crippen molar-refractivity contribution >= 4 is 15.9 Å². The molecule has 0 saturated carbocycles. The molecule has 1 atom stereocenters. The lowest BCUT2D eigenvalue weighted by atomic mass is 10.1. The molecule has 0 fully saturated rings. The Bertz CT molecular complexity index is 536. The van der Waals surface area contributed by atoms with Gasteiger partial charge in [0.05, 0.1) is 12.4 Å². The van der Waals surface area contributed by atoms with E-state index in [1.807, 2.05) is 37.3 Å². The zero-order valence-corrected chi connectivity index (χ0v) is 13.4. The van der Waals surface area contributed by atoms with Gasteiger partial charge in [0.25, 0.3) is 0 Å². The van der Waals surface area contributed by atoms with E-state index >= 15 is 0 Å². The van der Waals surface area contributed by atoms with Crippen LogP contribution in [0.4, 0.5) is 0 Å². The molecule has 0 bridgehead atoms. The Morgan fingerprint density at radius 1 is 1.25 bits per heavy atom. The summed E-state index contributed by atoms with van der Waals surface area (Å²) >= 11 is 3.40. The van der Waals surface area contributed by atoms with E-state index in [0.717, 1.165) is 35.3 Å². The first-order valence-electron chi connectivity index (χ1n) is 6.71. The molecule has 1 aromatic carbocycles. The normalized spacial score (nSPS) is 12.8. The molecule has 2 rings (SSSR count). The van der Waals surface area contributed by atoms with Crippen LogP contribution >= 0.6 is 15.9 Å². The van der Waals surface area contributed by atoms with Crippen molar-refractivity contribution in [1.82, 2.24) is 4.90 Å². The van der Waals surface area contributed by atoms with Crippen molar-refractivity contribution < 1.29 is 9.52 Å². The standard InChI is InChI=1S/C16H20BrNO2/c1-12-14(8-10-20-12)11-18(2)9-7-16(19)13-3-5-15(17)6-4-13/h3-6,8,10,16,19H,7,9,11H2,1-2H3. The van der Waals surface area contributed by atoms with Gasteiger partial charge in [-0.2, -0.15) is 0 Å². The maximum Gasteiger partial charge on any atom is 0.105 e. The average molecular weight is 338 g/mol. The summed E-state index contributed by atoms with van der Waals surface area (Å²) in [4.78, 5) is 2.19. The Hall–Kier alpha value is -1.10. The number of aliphatic hydroxyl groups is 1. The first-order valence-corrected chi connectivity index (χ1v) is 7.50. The molecule has 0 aliphatic heterocycles. The number of rotatable bonds is 6. The van der Waals surface area contributed by atoms with Crippen LogP contribution in [0.3, 0.4) is 0 Å². The van der Waals surface area contributed by atoms with Crippen molar-refractivity contribution in [3.63, 3.8) is 0 Å². The van der Waals surface area contributed by atoms with Gasteiger partial charge in [-0.15, -0.1) is 0 Å². The maximum absolute atomic E-state index is 10.2. The van der Waals surface area contributed by atoms with Gasteiger partial charge in [0, 0.05) is 23.1 Å². The van der Waals surface area contributed by atoms with Crippen molar-refractivity contribution in [3.8, 4) is 0 Å². The summed E-state index contributed by atoms with van der Waals surface area (Å²) in [7, 11) is 2.06. The van der Waals surface area contributed by atoms with Crippen LogP contribution in [-0.4, -0.2) is 23.6 Å². The predicted octanol–water partition coefficient (Wildman–Crippen LogP) is 3.91. The van der Waals surface area contributed by atoms with Gasteiger partial charge in [-0.05, 0) is 44.2 Å². The number of halogens is 1. The van der Waals surface area contributed by atoms with Gasteiger partial charge in [-0.25, -0.2) is 0 Å². The summed E-state index contributed by atoms with van der Waals surface area (Å²) in [5, 5.41) is 10.2. The molecule has 1 aromatic heterocycles. The van der Waals surface area contributed by atoms with Gasteiger partial charge < -0.3 is 14.4 Å². The first kappa shape index (κ1) is 15.3. The SMILES string of the molecule is Cc1occc1CN(C)CCC(O)c1ccc(Br)cc1. The van der Waals surface area contributed by atoms with E-state index in [-0.39, 0.29) is 0 Å². The second kappa shape index (κ2) is 7.07. The Kier molecular flexibility index (Phi) is 5.40. The Morgan fingerprint density at radius 3 is 2.55 bits per heavy atom. The van der Waals surface area contributed by atoms with Crippen molar-refractivity contribution in [3.05, 3.63) is 58.0 Å². The average Bonchev–Trinajstić information content (AvgIpc) is 2.82. The summed E-state index contributed by atoms with van der Waals surface area (Å²) in [6.07, 6.45) is 2.01. The second-order valence-electron chi connectivity index (χ2n) is 5.10.